The monoisotopic (exact) mass is 307 g/mol. The van der Waals surface area contributed by atoms with Gasteiger partial charge in [-0.05, 0) is 56.0 Å². The number of rotatable bonds is 6. The van der Waals surface area contributed by atoms with Crippen molar-refractivity contribution < 1.29 is 9.18 Å². The van der Waals surface area contributed by atoms with Gasteiger partial charge in [-0.1, -0.05) is 19.1 Å². The minimum Gasteiger partial charge on any atom is -0.354 e. The first-order valence-corrected chi connectivity index (χ1v) is 7.90. The number of nitrogens with two attached hydrogens (primary N) is 1. The van der Waals surface area contributed by atoms with Gasteiger partial charge in [0.25, 0.3) is 0 Å². The van der Waals surface area contributed by atoms with Crippen LogP contribution in [0.5, 0.6) is 0 Å². The molecule has 4 nitrogen and oxygen atoms in total. The molecule has 1 aliphatic heterocycles. The molecule has 5 heteroatoms. The number of likely N-dealkylation sites (tertiary alicyclic amines) is 1. The normalized spacial score (nSPS) is 23.5. The number of hydrogen-bond acceptors (Lipinski definition) is 3. The summed E-state index contributed by atoms with van der Waals surface area (Å²) in [7, 11) is 0. The number of carbonyl (C=O) groups excluding carboxylic acids is 1. The summed E-state index contributed by atoms with van der Waals surface area (Å²) in [5, 5.41) is 2.96. The standard InChI is InChI=1S/C17H26FN3O/c1-13(21-10-8-17(2,11-19)12-21)16(22)20-9-7-14-3-5-15(18)6-4-14/h3-6,13H,7-12,19H2,1-2H3,(H,20,22). The van der Waals surface area contributed by atoms with Crippen LogP contribution in [0.25, 0.3) is 0 Å². The van der Waals surface area contributed by atoms with Crippen molar-refractivity contribution in [2.75, 3.05) is 26.2 Å². The maximum atomic E-state index is 12.8. The van der Waals surface area contributed by atoms with E-state index in [0.29, 0.717) is 19.5 Å². The summed E-state index contributed by atoms with van der Waals surface area (Å²) in [5.74, 6) is -0.193. The van der Waals surface area contributed by atoms with Crippen LogP contribution in [-0.2, 0) is 11.2 Å². The van der Waals surface area contributed by atoms with E-state index in [2.05, 4.69) is 17.1 Å². The minimum atomic E-state index is -0.238. The number of amides is 1. The second-order valence-electron chi connectivity index (χ2n) is 6.58. The van der Waals surface area contributed by atoms with Gasteiger partial charge in [0.1, 0.15) is 5.82 Å². The SMILES string of the molecule is CC(C(=O)NCCc1ccc(F)cc1)N1CCC(C)(CN)C1. The Kier molecular flexibility index (Phi) is 5.53. The van der Waals surface area contributed by atoms with E-state index in [-0.39, 0.29) is 23.2 Å². The Hall–Kier alpha value is -1.46. The molecule has 2 atom stereocenters. The minimum absolute atomic E-state index is 0.0448. The van der Waals surface area contributed by atoms with Crippen LogP contribution in [0.3, 0.4) is 0 Å². The molecule has 0 radical (unpaired) electrons. The molecule has 1 amide bonds. The van der Waals surface area contributed by atoms with Crippen LogP contribution < -0.4 is 11.1 Å². The number of benzene rings is 1. The summed E-state index contributed by atoms with van der Waals surface area (Å²) in [4.78, 5) is 14.4. The third kappa shape index (κ3) is 4.27. The molecule has 0 saturated carbocycles. The van der Waals surface area contributed by atoms with Gasteiger partial charge in [-0.25, -0.2) is 4.39 Å². The summed E-state index contributed by atoms with van der Waals surface area (Å²) >= 11 is 0. The van der Waals surface area contributed by atoms with Gasteiger partial charge in [-0.2, -0.15) is 0 Å². The first-order valence-electron chi connectivity index (χ1n) is 7.90. The molecule has 122 valence electrons. The molecule has 0 aromatic heterocycles. The number of nitrogens with zero attached hydrogens (tertiary/aromatic N) is 1. The van der Waals surface area contributed by atoms with Gasteiger partial charge in [0, 0.05) is 13.1 Å². The number of hydrogen-bond donors (Lipinski definition) is 2. The van der Waals surface area contributed by atoms with Crippen LogP contribution in [0.4, 0.5) is 4.39 Å². The van der Waals surface area contributed by atoms with Crippen LogP contribution in [0.2, 0.25) is 0 Å². The Morgan fingerprint density at radius 3 is 2.73 bits per heavy atom. The van der Waals surface area contributed by atoms with Crippen LogP contribution in [0, 0.1) is 11.2 Å². The zero-order valence-corrected chi connectivity index (χ0v) is 13.4. The van der Waals surface area contributed by atoms with Crippen molar-refractivity contribution in [1.82, 2.24) is 10.2 Å². The molecule has 1 saturated heterocycles. The summed E-state index contributed by atoms with van der Waals surface area (Å²) in [5.41, 5.74) is 6.96. The topological polar surface area (TPSA) is 58.4 Å². The quantitative estimate of drug-likeness (QED) is 0.838. The van der Waals surface area contributed by atoms with E-state index < -0.39 is 0 Å². The van der Waals surface area contributed by atoms with Crippen molar-refractivity contribution >= 4 is 5.91 Å². The highest BCUT2D eigenvalue weighted by Gasteiger charge is 2.36. The third-order valence-electron chi connectivity index (χ3n) is 4.63. The largest absolute Gasteiger partial charge is 0.354 e. The van der Waals surface area contributed by atoms with Crippen LogP contribution in [-0.4, -0.2) is 43.0 Å². The Balaban J connectivity index is 1.76. The first kappa shape index (κ1) is 16.9. The Morgan fingerprint density at radius 2 is 2.14 bits per heavy atom. The molecule has 22 heavy (non-hydrogen) atoms. The van der Waals surface area contributed by atoms with Crippen LogP contribution in [0.1, 0.15) is 25.8 Å². The summed E-state index contributed by atoms with van der Waals surface area (Å²) in [6, 6.07) is 6.24. The maximum Gasteiger partial charge on any atom is 0.237 e. The molecule has 1 heterocycles. The first-order chi connectivity index (χ1) is 10.4. The summed E-state index contributed by atoms with van der Waals surface area (Å²) in [6.07, 6.45) is 1.75. The maximum absolute atomic E-state index is 12.8. The summed E-state index contributed by atoms with van der Waals surface area (Å²) < 4.78 is 12.8. The van der Waals surface area contributed by atoms with Crippen LogP contribution >= 0.6 is 0 Å². The molecular weight excluding hydrogens is 281 g/mol. The fourth-order valence-corrected chi connectivity index (χ4v) is 2.85. The van der Waals surface area contributed by atoms with Gasteiger partial charge in [-0.15, -0.1) is 0 Å². The fourth-order valence-electron chi connectivity index (χ4n) is 2.85. The van der Waals surface area contributed by atoms with Crippen molar-refractivity contribution in [2.45, 2.75) is 32.7 Å². The Bertz CT molecular complexity index is 505. The van der Waals surface area contributed by atoms with Gasteiger partial charge in [0.2, 0.25) is 5.91 Å². The zero-order chi connectivity index (χ0) is 16.2. The van der Waals surface area contributed by atoms with Gasteiger partial charge in [-0.3, -0.25) is 9.69 Å². The smallest absolute Gasteiger partial charge is 0.237 e. The molecule has 1 fully saturated rings. The van der Waals surface area contributed by atoms with Gasteiger partial charge < -0.3 is 11.1 Å². The third-order valence-corrected chi connectivity index (χ3v) is 4.63. The van der Waals surface area contributed by atoms with Crippen molar-refractivity contribution in [3.63, 3.8) is 0 Å². The molecule has 0 aliphatic carbocycles. The van der Waals surface area contributed by atoms with E-state index in [0.717, 1.165) is 25.1 Å². The molecule has 1 aromatic carbocycles. The van der Waals surface area contributed by atoms with Gasteiger partial charge >= 0.3 is 0 Å². The van der Waals surface area contributed by atoms with E-state index in [4.69, 9.17) is 5.73 Å². The molecule has 1 aromatic rings. The molecule has 1 aliphatic rings. The average molecular weight is 307 g/mol. The molecule has 2 rings (SSSR count). The molecule has 2 unspecified atom stereocenters. The van der Waals surface area contributed by atoms with E-state index in [1.165, 1.54) is 12.1 Å². The van der Waals surface area contributed by atoms with Crippen molar-refractivity contribution in [3.05, 3.63) is 35.6 Å². The fraction of sp³-hybridized carbons (Fsp3) is 0.588. The zero-order valence-electron chi connectivity index (χ0n) is 13.4. The van der Waals surface area contributed by atoms with Crippen molar-refractivity contribution in [2.24, 2.45) is 11.1 Å². The number of carbonyl (C=O) groups is 1. The highest BCUT2D eigenvalue weighted by Crippen LogP contribution is 2.29. The lowest BCUT2D eigenvalue weighted by Gasteiger charge is -2.26. The van der Waals surface area contributed by atoms with Crippen molar-refractivity contribution in [3.8, 4) is 0 Å². The van der Waals surface area contributed by atoms with E-state index >= 15 is 0 Å². The molecular formula is C17H26FN3O. The van der Waals surface area contributed by atoms with E-state index in [1.807, 2.05) is 6.92 Å². The number of nitrogens with one attached hydrogen (secondary N) is 1. The van der Waals surface area contributed by atoms with Gasteiger partial charge in [0.05, 0.1) is 6.04 Å². The average Bonchev–Trinajstić information content (AvgIpc) is 2.91. The Labute approximate surface area is 131 Å². The highest BCUT2D eigenvalue weighted by atomic mass is 19.1. The molecule has 0 spiro atoms. The lowest BCUT2D eigenvalue weighted by molar-refractivity contribution is -0.125. The summed E-state index contributed by atoms with van der Waals surface area (Å²) in [6.45, 7) is 7.12. The highest BCUT2D eigenvalue weighted by molar-refractivity contribution is 5.81. The molecule has 0 bridgehead atoms. The predicted octanol–water partition coefficient (Wildman–Crippen LogP) is 1.54. The van der Waals surface area contributed by atoms with Crippen LogP contribution in [0.15, 0.2) is 24.3 Å². The van der Waals surface area contributed by atoms with E-state index in [9.17, 15) is 9.18 Å². The lowest BCUT2D eigenvalue weighted by atomic mass is 9.90. The Morgan fingerprint density at radius 1 is 1.45 bits per heavy atom. The molecule has 3 N–H and O–H groups in total. The predicted molar refractivity (Wildman–Crippen MR) is 85.9 cm³/mol. The second-order valence-corrected chi connectivity index (χ2v) is 6.58. The second kappa shape index (κ2) is 7.20. The van der Waals surface area contributed by atoms with Gasteiger partial charge in [0.15, 0.2) is 0 Å². The lowest BCUT2D eigenvalue weighted by Crippen LogP contribution is -2.45. The number of halogens is 1. The van der Waals surface area contributed by atoms with Crippen molar-refractivity contribution in [1.29, 1.82) is 0 Å². The van der Waals surface area contributed by atoms with E-state index in [1.54, 1.807) is 12.1 Å².